The molecule has 0 aromatic carbocycles. The molecule has 1 saturated carbocycles. The first kappa shape index (κ1) is 9.85. The maximum Gasteiger partial charge on any atom is 0.0648 e. The van der Waals surface area contributed by atoms with Crippen LogP contribution in [0.3, 0.4) is 0 Å². The van der Waals surface area contributed by atoms with Gasteiger partial charge >= 0.3 is 0 Å². The highest BCUT2D eigenvalue weighted by Gasteiger charge is 2.34. The lowest BCUT2D eigenvalue weighted by Gasteiger charge is -2.38. The minimum Gasteiger partial charge on any atom is -0.390 e. The fourth-order valence-corrected chi connectivity index (χ4v) is 3.55. The van der Waals surface area contributed by atoms with Gasteiger partial charge in [0.15, 0.2) is 0 Å². The average Bonchev–Trinajstić information content (AvgIpc) is 2.13. The fourth-order valence-electron chi connectivity index (χ4n) is 2.34. The molecule has 0 atom stereocenters. The van der Waals surface area contributed by atoms with Crippen LogP contribution in [0.2, 0.25) is 0 Å². The van der Waals surface area contributed by atoms with Gasteiger partial charge in [-0.1, -0.05) is 0 Å². The Kier molecular flexibility index (Phi) is 3.20. The summed E-state index contributed by atoms with van der Waals surface area (Å²) >= 11 is 2.09. The Morgan fingerprint density at radius 1 is 1.23 bits per heavy atom. The number of thioether (sulfide) groups is 1. The van der Waals surface area contributed by atoms with Gasteiger partial charge in [-0.3, -0.25) is 0 Å². The first-order chi connectivity index (χ1) is 6.29. The van der Waals surface area contributed by atoms with Crippen LogP contribution in [0.5, 0.6) is 0 Å². The second kappa shape index (κ2) is 4.22. The Bertz CT molecular complexity index is 159. The molecule has 1 heterocycles. The predicted molar refractivity (Wildman–Crippen MR) is 58.1 cm³/mol. The second-order valence-corrected chi connectivity index (χ2v) is 5.90. The summed E-state index contributed by atoms with van der Waals surface area (Å²) in [7, 11) is 0. The molecule has 2 heteroatoms. The fraction of sp³-hybridized carbons (Fsp3) is 1.00. The molecular weight excluding hydrogens is 180 g/mol. The van der Waals surface area contributed by atoms with E-state index in [4.69, 9.17) is 0 Å². The molecule has 1 saturated heterocycles. The molecule has 0 aromatic rings. The summed E-state index contributed by atoms with van der Waals surface area (Å²) in [6.07, 6.45) is 8.50. The van der Waals surface area contributed by atoms with Gasteiger partial charge in [0.25, 0.3) is 0 Å². The molecule has 2 fully saturated rings. The van der Waals surface area contributed by atoms with Crippen LogP contribution in [-0.4, -0.2) is 22.2 Å². The molecule has 0 unspecified atom stereocenters. The molecule has 1 N–H and O–H groups in total. The molecule has 0 amide bonds. The van der Waals surface area contributed by atoms with E-state index in [1.807, 2.05) is 0 Å². The summed E-state index contributed by atoms with van der Waals surface area (Å²) in [6.45, 7) is 0. The van der Waals surface area contributed by atoms with Gasteiger partial charge < -0.3 is 5.11 Å². The Morgan fingerprint density at radius 2 is 1.92 bits per heavy atom. The number of rotatable bonds is 3. The number of hydrogen-bond donors (Lipinski definition) is 1. The summed E-state index contributed by atoms with van der Waals surface area (Å²) in [6, 6.07) is 0. The van der Waals surface area contributed by atoms with Gasteiger partial charge in [0.1, 0.15) is 0 Å². The van der Waals surface area contributed by atoms with Crippen LogP contribution in [0.15, 0.2) is 0 Å². The molecule has 0 bridgehead atoms. The molecule has 2 aliphatic rings. The zero-order valence-corrected chi connectivity index (χ0v) is 9.11. The van der Waals surface area contributed by atoms with Gasteiger partial charge in [0.2, 0.25) is 0 Å². The quantitative estimate of drug-likeness (QED) is 0.756. The Hall–Kier alpha value is 0.310. The van der Waals surface area contributed by atoms with Crippen LogP contribution in [0.25, 0.3) is 0 Å². The van der Waals surface area contributed by atoms with E-state index < -0.39 is 0 Å². The van der Waals surface area contributed by atoms with Crippen molar-refractivity contribution in [3.05, 3.63) is 0 Å². The largest absolute Gasteiger partial charge is 0.390 e. The van der Waals surface area contributed by atoms with Crippen molar-refractivity contribution in [3.8, 4) is 0 Å². The number of hydrogen-bond acceptors (Lipinski definition) is 2. The highest BCUT2D eigenvalue weighted by molar-refractivity contribution is 7.99. The Morgan fingerprint density at radius 3 is 2.46 bits per heavy atom. The number of aliphatic hydroxyl groups is 1. The maximum atomic E-state index is 9.94. The van der Waals surface area contributed by atoms with Crippen molar-refractivity contribution in [3.63, 3.8) is 0 Å². The van der Waals surface area contributed by atoms with Crippen LogP contribution in [0.4, 0.5) is 0 Å². The first-order valence-corrected chi connectivity index (χ1v) is 6.74. The van der Waals surface area contributed by atoms with Crippen molar-refractivity contribution in [1.82, 2.24) is 0 Å². The van der Waals surface area contributed by atoms with Crippen LogP contribution in [0, 0.1) is 5.92 Å². The van der Waals surface area contributed by atoms with E-state index in [-0.39, 0.29) is 5.60 Å². The van der Waals surface area contributed by atoms with E-state index in [1.165, 1.54) is 37.2 Å². The zero-order valence-electron chi connectivity index (χ0n) is 8.30. The first-order valence-electron chi connectivity index (χ1n) is 5.59. The Balaban J connectivity index is 1.66. The minimum atomic E-state index is -0.232. The summed E-state index contributed by atoms with van der Waals surface area (Å²) in [5.74, 6) is 3.62. The average molecular weight is 200 g/mol. The van der Waals surface area contributed by atoms with Gasteiger partial charge in [0.05, 0.1) is 5.60 Å². The zero-order chi connectivity index (χ0) is 9.15. The molecule has 2 rings (SSSR count). The third-order valence-electron chi connectivity index (χ3n) is 3.64. The van der Waals surface area contributed by atoms with Crippen molar-refractivity contribution in [1.29, 1.82) is 0 Å². The van der Waals surface area contributed by atoms with E-state index in [0.29, 0.717) is 0 Å². The van der Waals surface area contributed by atoms with Gasteiger partial charge in [-0.2, -0.15) is 11.8 Å². The molecule has 1 aliphatic carbocycles. The van der Waals surface area contributed by atoms with Crippen molar-refractivity contribution in [2.24, 2.45) is 5.92 Å². The van der Waals surface area contributed by atoms with Crippen LogP contribution >= 0.6 is 11.8 Å². The lowest BCUT2D eigenvalue weighted by molar-refractivity contribution is -0.0447. The predicted octanol–water partition coefficient (Wildman–Crippen LogP) is 2.82. The topological polar surface area (TPSA) is 20.2 Å². The van der Waals surface area contributed by atoms with Crippen molar-refractivity contribution >= 4 is 11.8 Å². The third-order valence-corrected chi connectivity index (χ3v) is 4.69. The van der Waals surface area contributed by atoms with E-state index in [9.17, 15) is 5.11 Å². The van der Waals surface area contributed by atoms with E-state index >= 15 is 0 Å². The minimum absolute atomic E-state index is 0.232. The molecule has 0 radical (unpaired) electrons. The highest BCUT2D eigenvalue weighted by atomic mass is 32.2. The standard InChI is InChI=1S/C11H20OS/c12-11(5-1-6-11)7-2-10-3-8-13-9-4-10/h10,12H,1-9H2. The SMILES string of the molecule is OC1(CCC2CCSCC2)CCC1. The van der Waals surface area contributed by atoms with Crippen molar-refractivity contribution < 1.29 is 5.11 Å². The molecule has 1 aliphatic heterocycles. The maximum absolute atomic E-state index is 9.94. The van der Waals surface area contributed by atoms with E-state index in [1.54, 1.807) is 0 Å². The van der Waals surface area contributed by atoms with Crippen molar-refractivity contribution in [2.75, 3.05) is 11.5 Å². The van der Waals surface area contributed by atoms with Gasteiger partial charge in [-0.05, 0) is 62.4 Å². The third kappa shape index (κ3) is 2.63. The summed E-state index contributed by atoms with van der Waals surface area (Å²) in [4.78, 5) is 0. The van der Waals surface area contributed by atoms with Crippen LogP contribution < -0.4 is 0 Å². The smallest absolute Gasteiger partial charge is 0.0648 e. The van der Waals surface area contributed by atoms with Crippen LogP contribution in [0.1, 0.15) is 44.9 Å². The molecule has 1 nitrogen and oxygen atoms in total. The molecule has 0 spiro atoms. The lowest BCUT2D eigenvalue weighted by atomic mass is 9.75. The molecular formula is C11H20OS. The normalized spacial score (nSPS) is 28.4. The highest BCUT2D eigenvalue weighted by Crippen LogP contribution is 2.38. The summed E-state index contributed by atoms with van der Waals surface area (Å²) < 4.78 is 0. The van der Waals surface area contributed by atoms with Gasteiger partial charge in [-0.15, -0.1) is 0 Å². The van der Waals surface area contributed by atoms with Crippen LogP contribution in [-0.2, 0) is 0 Å². The van der Waals surface area contributed by atoms with Gasteiger partial charge in [0, 0.05) is 0 Å². The molecule has 0 aromatic heterocycles. The molecule has 13 heavy (non-hydrogen) atoms. The van der Waals surface area contributed by atoms with Gasteiger partial charge in [-0.25, -0.2) is 0 Å². The van der Waals surface area contributed by atoms with Crippen molar-refractivity contribution in [2.45, 2.75) is 50.5 Å². The lowest BCUT2D eigenvalue weighted by Crippen LogP contribution is -2.37. The van der Waals surface area contributed by atoms with E-state index in [2.05, 4.69) is 11.8 Å². The summed E-state index contributed by atoms with van der Waals surface area (Å²) in [5.41, 5.74) is -0.232. The molecule has 76 valence electrons. The van der Waals surface area contributed by atoms with E-state index in [0.717, 1.165) is 25.2 Å². The Labute approximate surface area is 85.3 Å². The second-order valence-electron chi connectivity index (χ2n) is 4.67. The monoisotopic (exact) mass is 200 g/mol. The summed E-state index contributed by atoms with van der Waals surface area (Å²) in [5, 5.41) is 9.94.